The van der Waals surface area contributed by atoms with E-state index in [-0.39, 0.29) is 5.91 Å². The van der Waals surface area contributed by atoms with Crippen LogP contribution in [0.15, 0.2) is 18.2 Å². The lowest BCUT2D eigenvalue weighted by Crippen LogP contribution is -2.41. The third kappa shape index (κ3) is 5.87. The number of carbonyl (C=O) groups excluding carboxylic acids is 1. The normalized spacial score (nSPS) is 13.7. The number of nitrogens with one attached hydrogen (secondary N) is 1. The monoisotopic (exact) mass is 321 g/mol. The zero-order valence-electron chi connectivity index (χ0n) is 15.4. The number of ether oxygens (including phenoxy) is 2. The quantitative estimate of drug-likeness (QED) is 0.725. The molecule has 4 heteroatoms. The Kier molecular flexibility index (Phi) is 7.56. The van der Waals surface area contributed by atoms with Gasteiger partial charge in [0.05, 0.1) is 6.61 Å². The first kappa shape index (κ1) is 19.5. The second kappa shape index (κ2) is 8.92. The molecule has 130 valence electrons. The maximum atomic E-state index is 12.5. The molecule has 0 bridgehead atoms. The van der Waals surface area contributed by atoms with E-state index in [9.17, 15) is 4.79 Å². The second-order valence-corrected chi connectivity index (χ2v) is 6.68. The Morgan fingerprint density at radius 2 is 2.04 bits per heavy atom. The van der Waals surface area contributed by atoms with Gasteiger partial charge >= 0.3 is 0 Å². The molecule has 1 unspecified atom stereocenters. The lowest BCUT2D eigenvalue weighted by atomic mass is 9.97. The molecule has 0 aromatic heterocycles. The van der Waals surface area contributed by atoms with Gasteiger partial charge in [0.1, 0.15) is 11.4 Å². The topological polar surface area (TPSA) is 47.6 Å². The minimum Gasteiger partial charge on any atom is -0.493 e. The molecule has 0 heterocycles. The fourth-order valence-corrected chi connectivity index (χ4v) is 2.23. The van der Waals surface area contributed by atoms with Gasteiger partial charge in [-0.15, -0.1) is 0 Å². The van der Waals surface area contributed by atoms with Crippen LogP contribution in [0.2, 0.25) is 0 Å². The lowest BCUT2D eigenvalue weighted by molar-refractivity contribution is -0.136. The van der Waals surface area contributed by atoms with Crippen LogP contribution in [-0.4, -0.2) is 25.2 Å². The van der Waals surface area contributed by atoms with Crippen molar-refractivity contribution < 1.29 is 14.3 Å². The molecular formula is C19H31NO3. The summed E-state index contributed by atoms with van der Waals surface area (Å²) in [6.07, 6.45) is 2.70. The molecule has 1 N–H and O–H groups in total. The molecule has 0 saturated carbocycles. The molecule has 4 nitrogen and oxygen atoms in total. The van der Waals surface area contributed by atoms with Crippen LogP contribution in [0, 0.1) is 12.8 Å². The molecule has 0 aliphatic heterocycles. The molecule has 23 heavy (non-hydrogen) atoms. The van der Waals surface area contributed by atoms with E-state index in [1.54, 1.807) is 7.11 Å². The van der Waals surface area contributed by atoms with Crippen molar-refractivity contribution in [3.63, 3.8) is 0 Å². The minimum atomic E-state index is -0.795. The van der Waals surface area contributed by atoms with Gasteiger partial charge < -0.3 is 14.8 Å². The van der Waals surface area contributed by atoms with Gasteiger partial charge in [0, 0.05) is 12.8 Å². The number of rotatable bonds is 9. The molecule has 1 rings (SSSR count). The van der Waals surface area contributed by atoms with E-state index in [1.165, 1.54) is 0 Å². The van der Waals surface area contributed by atoms with Gasteiger partial charge in [-0.05, 0) is 49.9 Å². The van der Waals surface area contributed by atoms with Crippen LogP contribution in [0.25, 0.3) is 0 Å². The molecule has 1 aromatic carbocycles. The highest BCUT2D eigenvalue weighted by Gasteiger charge is 2.32. The van der Waals surface area contributed by atoms with Crippen LogP contribution in [0.5, 0.6) is 5.75 Å². The Morgan fingerprint density at radius 3 is 2.57 bits per heavy atom. The van der Waals surface area contributed by atoms with Crippen LogP contribution < -0.4 is 10.1 Å². The Labute approximate surface area is 140 Å². The molecular weight excluding hydrogens is 290 g/mol. The zero-order chi connectivity index (χ0) is 17.5. The van der Waals surface area contributed by atoms with Gasteiger partial charge in [0.2, 0.25) is 0 Å². The minimum absolute atomic E-state index is 0.108. The van der Waals surface area contributed by atoms with Crippen molar-refractivity contribution in [2.75, 3.05) is 19.0 Å². The molecule has 0 aliphatic carbocycles. The van der Waals surface area contributed by atoms with Crippen LogP contribution in [0.1, 0.15) is 52.5 Å². The standard InChI is InChI=1S/C19H31NO3/c1-7-8-11-19(5,22-6)18(21)20-16-9-10-17(15(4)12-16)23-13-14(2)3/h9-10,12,14H,7-8,11,13H2,1-6H3,(H,20,21). The fourth-order valence-electron chi connectivity index (χ4n) is 2.23. The van der Waals surface area contributed by atoms with E-state index in [1.807, 2.05) is 32.0 Å². The number of aryl methyl sites for hydroxylation is 1. The van der Waals surface area contributed by atoms with Gasteiger partial charge in [-0.1, -0.05) is 33.6 Å². The number of methoxy groups -OCH3 is 1. The fraction of sp³-hybridized carbons (Fsp3) is 0.632. The summed E-state index contributed by atoms with van der Waals surface area (Å²) in [6.45, 7) is 10.8. The van der Waals surface area contributed by atoms with E-state index in [0.717, 1.165) is 29.8 Å². The van der Waals surface area contributed by atoms with E-state index in [4.69, 9.17) is 9.47 Å². The summed E-state index contributed by atoms with van der Waals surface area (Å²) >= 11 is 0. The highest BCUT2D eigenvalue weighted by Crippen LogP contribution is 2.25. The van der Waals surface area contributed by atoms with Gasteiger partial charge in [0.15, 0.2) is 0 Å². The second-order valence-electron chi connectivity index (χ2n) is 6.68. The molecule has 1 amide bonds. The van der Waals surface area contributed by atoms with Gasteiger partial charge in [0.25, 0.3) is 5.91 Å². The average molecular weight is 321 g/mol. The summed E-state index contributed by atoms with van der Waals surface area (Å²) in [5.74, 6) is 1.23. The van der Waals surface area contributed by atoms with Crippen molar-refractivity contribution in [2.45, 2.75) is 59.5 Å². The highest BCUT2D eigenvalue weighted by atomic mass is 16.5. The van der Waals surface area contributed by atoms with Crippen molar-refractivity contribution >= 4 is 11.6 Å². The summed E-state index contributed by atoms with van der Waals surface area (Å²) in [5.41, 5.74) is 0.983. The Balaban J connectivity index is 2.76. The maximum Gasteiger partial charge on any atom is 0.256 e. The van der Waals surface area contributed by atoms with Crippen molar-refractivity contribution in [3.8, 4) is 5.75 Å². The Bertz CT molecular complexity index is 513. The van der Waals surface area contributed by atoms with Crippen LogP contribution in [0.4, 0.5) is 5.69 Å². The molecule has 0 fully saturated rings. The molecule has 1 aromatic rings. The van der Waals surface area contributed by atoms with Crippen LogP contribution >= 0.6 is 0 Å². The predicted molar refractivity (Wildman–Crippen MR) is 95.1 cm³/mol. The first-order chi connectivity index (χ1) is 10.8. The third-order valence-electron chi connectivity index (χ3n) is 3.94. The van der Waals surface area contributed by atoms with Crippen LogP contribution in [0.3, 0.4) is 0 Å². The van der Waals surface area contributed by atoms with E-state index in [0.29, 0.717) is 18.9 Å². The Morgan fingerprint density at radius 1 is 1.35 bits per heavy atom. The van der Waals surface area contributed by atoms with Gasteiger partial charge in [-0.2, -0.15) is 0 Å². The van der Waals surface area contributed by atoms with E-state index in [2.05, 4.69) is 26.1 Å². The number of amides is 1. The number of hydrogen-bond donors (Lipinski definition) is 1. The summed E-state index contributed by atoms with van der Waals surface area (Å²) in [5, 5.41) is 2.96. The summed E-state index contributed by atoms with van der Waals surface area (Å²) < 4.78 is 11.2. The highest BCUT2D eigenvalue weighted by molar-refractivity contribution is 5.97. The smallest absolute Gasteiger partial charge is 0.256 e. The first-order valence-electron chi connectivity index (χ1n) is 8.42. The number of benzene rings is 1. The number of carbonyl (C=O) groups is 1. The molecule has 1 atom stereocenters. The number of anilines is 1. The maximum absolute atomic E-state index is 12.5. The predicted octanol–water partition coefficient (Wildman–Crippen LogP) is 4.56. The first-order valence-corrected chi connectivity index (χ1v) is 8.42. The average Bonchev–Trinajstić information content (AvgIpc) is 2.51. The molecule has 0 saturated heterocycles. The molecule has 0 radical (unpaired) electrons. The Hall–Kier alpha value is -1.55. The van der Waals surface area contributed by atoms with E-state index < -0.39 is 5.60 Å². The van der Waals surface area contributed by atoms with Gasteiger partial charge in [-0.3, -0.25) is 4.79 Å². The summed E-state index contributed by atoms with van der Waals surface area (Å²) in [4.78, 5) is 12.5. The lowest BCUT2D eigenvalue weighted by Gasteiger charge is -2.27. The zero-order valence-corrected chi connectivity index (χ0v) is 15.4. The molecule has 0 aliphatic rings. The van der Waals surface area contributed by atoms with Crippen molar-refractivity contribution in [1.82, 2.24) is 0 Å². The SMILES string of the molecule is CCCCC(C)(OC)C(=O)Nc1ccc(OCC(C)C)c(C)c1. The molecule has 0 spiro atoms. The van der Waals surface area contributed by atoms with Crippen molar-refractivity contribution in [2.24, 2.45) is 5.92 Å². The van der Waals surface area contributed by atoms with Crippen molar-refractivity contribution in [1.29, 1.82) is 0 Å². The summed E-state index contributed by atoms with van der Waals surface area (Å²) in [6, 6.07) is 5.71. The number of hydrogen-bond acceptors (Lipinski definition) is 3. The van der Waals surface area contributed by atoms with Crippen molar-refractivity contribution in [3.05, 3.63) is 23.8 Å². The third-order valence-corrected chi connectivity index (χ3v) is 3.94. The van der Waals surface area contributed by atoms with E-state index >= 15 is 0 Å². The number of unbranched alkanes of at least 4 members (excludes halogenated alkanes) is 1. The van der Waals surface area contributed by atoms with Crippen LogP contribution in [-0.2, 0) is 9.53 Å². The summed E-state index contributed by atoms with van der Waals surface area (Å²) in [7, 11) is 1.59. The van der Waals surface area contributed by atoms with Gasteiger partial charge in [-0.25, -0.2) is 0 Å². The largest absolute Gasteiger partial charge is 0.493 e.